The van der Waals surface area contributed by atoms with E-state index in [2.05, 4.69) is 9.82 Å². The van der Waals surface area contributed by atoms with Gasteiger partial charge in [-0.3, -0.25) is 0 Å². The molecule has 3 aromatic rings. The monoisotopic (exact) mass is 349 g/mol. The van der Waals surface area contributed by atoms with E-state index in [4.69, 9.17) is 0 Å². The molecule has 5 nitrogen and oxygen atoms in total. The summed E-state index contributed by atoms with van der Waals surface area (Å²) < 4.78 is 55.2. The van der Waals surface area contributed by atoms with Crippen LogP contribution in [0.3, 0.4) is 0 Å². The molecule has 3 rings (SSSR count). The van der Waals surface area contributed by atoms with Gasteiger partial charge in [-0.2, -0.15) is 5.10 Å². The Balaban J connectivity index is 1.78. The molecule has 8 heteroatoms. The Morgan fingerprint density at radius 2 is 1.67 bits per heavy atom. The fraction of sp³-hybridized carbons (Fsp3) is 0.0625. The summed E-state index contributed by atoms with van der Waals surface area (Å²) in [7, 11) is -4.31. The third-order valence-electron chi connectivity index (χ3n) is 3.31. The van der Waals surface area contributed by atoms with Gasteiger partial charge in [0.2, 0.25) is 10.0 Å². The highest BCUT2D eigenvalue weighted by Crippen LogP contribution is 2.18. The Labute approximate surface area is 137 Å². The van der Waals surface area contributed by atoms with E-state index in [0.717, 1.165) is 23.9 Å². The second kappa shape index (κ2) is 6.50. The molecule has 0 radical (unpaired) electrons. The molecule has 0 bridgehead atoms. The van der Waals surface area contributed by atoms with Crippen molar-refractivity contribution in [2.45, 2.75) is 11.4 Å². The molecule has 0 fully saturated rings. The highest BCUT2D eigenvalue weighted by atomic mass is 32.2. The van der Waals surface area contributed by atoms with Crippen molar-refractivity contribution in [3.63, 3.8) is 0 Å². The summed E-state index contributed by atoms with van der Waals surface area (Å²) in [6.45, 7) is -0.136. The number of hydrogen-bond donors (Lipinski definition) is 1. The minimum Gasteiger partial charge on any atom is -0.241 e. The zero-order valence-corrected chi connectivity index (χ0v) is 13.2. The zero-order valence-electron chi connectivity index (χ0n) is 12.4. The van der Waals surface area contributed by atoms with E-state index in [9.17, 15) is 17.2 Å². The SMILES string of the molecule is O=S(=O)(NCc1cnn(-c2ccccc2)c1)c1c(F)cccc1F. The molecule has 0 spiro atoms. The molecule has 1 heterocycles. The first-order chi connectivity index (χ1) is 11.5. The van der Waals surface area contributed by atoms with E-state index >= 15 is 0 Å². The topological polar surface area (TPSA) is 64.0 Å². The summed E-state index contributed by atoms with van der Waals surface area (Å²) >= 11 is 0. The van der Waals surface area contributed by atoms with Gasteiger partial charge in [0.1, 0.15) is 11.6 Å². The van der Waals surface area contributed by atoms with Crippen LogP contribution in [0.1, 0.15) is 5.56 Å². The van der Waals surface area contributed by atoms with Crippen molar-refractivity contribution in [3.05, 3.63) is 78.1 Å². The van der Waals surface area contributed by atoms with Crippen LogP contribution in [0.4, 0.5) is 8.78 Å². The zero-order chi connectivity index (χ0) is 17.2. The van der Waals surface area contributed by atoms with Gasteiger partial charge in [0.15, 0.2) is 4.90 Å². The highest BCUT2D eigenvalue weighted by Gasteiger charge is 2.23. The lowest BCUT2D eigenvalue weighted by atomic mass is 10.3. The first-order valence-corrected chi connectivity index (χ1v) is 8.48. The largest absolute Gasteiger partial charge is 0.246 e. The predicted molar refractivity (Wildman–Crippen MR) is 83.9 cm³/mol. The predicted octanol–water partition coefficient (Wildman–Crippen LogP) is 2.63. The number of rotatable bonds is 5. The third-order valence-corrected chi connectivity index (χ3v) is 4.76. The average molecular weight is 349 g/mol. The summed E-state index contributed by atoms with van der Waals surface area (Å²) in [5, 5.41) is 4.13. The maximum Gasteiger partial charge on any atom is 0.246 e. The number of sulfonamides is 1. The molecule has 24 heavy (non-hydrogen) atoms. The molecule has 0 amide bonds. The van der Waals surface area contributed by atoms with Gasteiger partial charge in [-0.15, -0.1) is 0 Å². The van der Waals surface area contributed by atoms with Gasteiger partial charge >= 0.3 is 0 Å². The summed E-state index contributed by atoms with van der Waals surface area (Å²) in [6.07, 6.45) is 3.11. The maximum absolute atomic E-state index is 13.6. The minimum absolute atomic E-state index is 0.136. The Morgan fingerprint density at radius 1 is 1.00 bits per heavy atom. The number of para-hydroxylation sites is 1. The quantitative estimate of drug-likeness (QED) is 0.770. The van der Waals surface area contributed by atoms with Crippen LogP contribution in [0, 0.1) is 11.6 Å². The van der Waals surface area contributed by atoms with E-state index in [1.807, 2.05) is 30.3 Å². The maximum atomic E-state index is 13.6. The molecule has 1 N–H and O–H groups in total. The number of aromatic nitrogens is 2. The van der Waals surface area contributed by atoms with Gasteiger partial charge in [0.25, 0.3) is 0 Å². The number of nitrogens with zero attached hydrogens (tertiary/aromatic N) is 2. The van der Waals surface area contributed by atoms with Gasteiger partial charge in [-0.25, -0.2) is 26.6 Å². The second-order valence-corrected chi connectivity index (χ2v) is 6.71. The Morgan fingerprint density at radius 3 is 2.33 bits per heavy atom. The van der Waals surface area contributed by atoms with Crippen LogP contribution in [0.2, 0.25) is 0 Å². The van der Waals surface area contributed by atoms with E-state index in [0.29, 0.717) is 5.56 Å². The molecule has 124 valence electrons. The first-order valence-electron chi connectivity index (χ1n) is 7.00. The van der Waals surface area contributed by atoms with E-state index in [1.165, 1.54) is 6.20 Å². The Kier molecular flexibility index (Phi) is 4.41. The lowest BCUT2D eigenvalue weighted by Gasteiger charge is -2.07. The van der Waals surface area contributed by atoms with Crippen molar-refractivity contribution in [2.75, 3.05) is 0 Å². The summed E-state index contributed by atoms with van der Waals surface area (Å²) in [6, 6.07) is 12.1. The normalized spacial score (nSPS) is 11.6. The molecule has 0 aliphatic carbocycles. The fourth-order valence-electron chi connectivity index (χ4n) is 2.16. The van der Waals surface area contributed by atoms with Crippen LogP contribution in [0.25, 0.3) is 5.69 Å². The molecule has 0 atom stereocenters. The Bertz CT molecular complexity index is 936. The smallest absolute Gasteiger partial charge is 0.241 e. The van der Waals surface area contributed by atoms with Crippen LogP contribution in [-0.4, -0.2) is 18.2 Å². The van der Waals surface area contributed by atoms with Crippen molar-refractivity contribution in [1.82, 2.24) is 14.5 Å². The Hall–Kier alpha value is -2.58. The van der Waals surface area contributed by atoms with E-state index < -0.39 is 26.6 Å². The number of nitrogens with one attached hydrogen (secondary N) is 1. The van der Waals surface area contributed by atoms with Crippen molar-refractivity contribution < 1.29 is 17.2 Å². The van der Waals surface area contributed by atoms with Gasteiger partial charge in [0, 0.05) is 18.3 Å². The molecule has 1 aromatic heterocycles. The molecular formula is C16H13F2N3O2S. The lowest BCUT2D eigenvalue weighted by Crippen LogP contribution is -2.25. The van der Waals surface area contributed by atoms with Crippen LogP contribution >= 0.6 is 0 Å². The van der Waals surface area contributed by atoms with Gasteiger partial charge in [-0.05, 0) is 24.3 Å². The summed E-state index contributed by atoms with van der Waals surface area (Å²) in [4.78, 5) is -0.986. The standard InChI is InChI=1S/C16H13F2N3O2S/c17-14-7-4-8-15(18)16(14)24(22,23)20-10-12-9-19-21(11-12)13-5-2-1-3-6-13/h1-9,11,20H,10H2. The van der Waals surface area contributed by atoms with Crippen LogP contribution in [0.15, 0.2) is 65.8 Å². The molecule has 0 unspecified atom stereocenters. The fourth-order valence-corrected chi connectivity index (χ4v) is 3.31. The molecule has 0 aliphatic heterocycles. The summed E-state index contributed by atoms with van der Waals surface area (Å²) in [5.41, 5.74) is 1.37. The van der Waals surface area contributed by atoms with Crippen LogP contribution in [0.5, 0.6) is 0 Å². The van der Waals surface area contributed by atoms with E-state index in [1.54, 1.807) is 10.9 Å². The van der Waals surface area contributed by atoms with Crippen molar-refractivity contribution >= 4 is 10.0 Å². The minimum atomic E-state index is -4.31. The second-order valence-electron chi connectivity index (χ2n) is 5.00. The van der Waals surface area contributed by atoms with Crippen LogP contribution in [-0.2, 0) is 16.6 Å². The highest BCUT2D eigenvalue weighted by molar-refractivity contribution is 7.89. The number of hydrogen-bond acceptors (Lipinski definition) is 3. The molecule has 0 aliphatic rings. The van der Waals surface area contributed by atoms with Gasteiger partial charge < -0.3 is 0 Å². The molecule has 0 saturated heterocycles. The molecular weight excluding hydrogens is 336 g/mol. The van der Waals surface area contributed by atoms with Crippen LogP contribution < -0.4 is 4.72 Å². The number of halogens is 2. The first kappa shape index (κ1) is 16.3. The lowest BCUT2D eigenvalue weighted by molar-refractivity contribution is 0.514. The van der Waals surface area contributed by atoms with Gasteiger partial charge in [0.05, 0.1) is 11.9 Å². The van der Waals surface area contributed by atoms with Crippen molar-refractivity contribution in [2.24, 2.45) is 0 Å². The average Bonchev–Trinajstić information content (AvgIpc) is 3.03. The molecule has 0 saturated carbocycles. The number of benzene rings is 2. The summed E-state index contributed by atoms with van der Waals surface area (Å²) in [5.74, 6) is -2.27. The molecule has 2 aromatic carbocycles. The van der Waals surface area contributed by atoms with Crippen molar-refractivity contribution in [1.29, 1.82) is 0 Å². The van der Waals surface area contributed by atoms with Crippen molar-refractivity contribution in [3.8, 4) is 5.69 Å². The van der Waals surface area contributed by atoms with E-state index in [-0.39, 0.29) is 6.54 Å². The third kappa shape index (κ3) is 3.34. The van der Waals surface area contributed by atoms with Gasteiger partial charge in [-0.1, -0.05) is 24.3 Å².